The normalized spacial score (nSPS) is 10.7. The second kappa shape index (κ2) is 4.73. The number of nitrogens with one attached hydrogen (secondary N) is 1. The van der Waals surface area contributed by atoms with E-state index >= 15 is 0 Å². The Morgan fingerprint density at radius 1 is 1.10 bits per heavy atom. The Kier molecular flexibility index (Phi) is 2.90. The summed E-state index contributed by atoms with van der Waals surface area (Å²) in [6.45, 7) is 0. The number of imidazole rings is 1. The lowest BCUT2D eigenvalue weighted by atomic mass is 10.2. The fourth-order valence-corrected chi connectivity index (χ4v) is 1.91. The quantitative estimate of drug-likeness (QED) is 0.780. The van der Waals surface area contributed by atoms with E-state index in [9.17, 15) is 13.6 Å². The number of benzene rings is 2. The summed E-state index contributed by atoms with van der Waals surface area (Å²) in [4.78, 5) is 16.1. The third-order valence-electron chi connectivity index (χ3n) is 2.80. The van der Waals surface area contributed by atoms with Crippen molar-refractivity contribution in [1.82, 2.24) is 9.66 Å². The molecule has 0 radical (unpaired) electrons. The zero-order chi connectivity index (χ0) is 14.1. The van der Waals surface area contributed by atoms with Crippen molar-refractivity contribution in [3.05, 3.63) is 66.0 Å². The van der Waals surface area contributed by atoms with Gasteiger partial charge in [-0.1, -0.05) is 12.1 Å². The van der Waals surface area contributed by atoms with Crippen molar-refractivity contribution in [3.8, 4) is 0 Å². The molecule has 2 aromatic carbocycles. The fourth-order valence-electron chi connectivity index (χ4n) is 1.91. The van der Waals surface area contributed by atoms with Crippen molar-refractivity contribution in [2.45, 2.75) is 0 Å². The van der Waals surface area contributed by atoms with Crippen LogP contribution in [0.2, 0.25) is 0 Å². The topological polar surface area (TPSA) is 46.9 Å². The Bertz CT molecular complexity index is 778. The van der Waals surface area contributed by atoms with Crippen LogP contribution in [0.4, 0.5) is 8.78 Å². The number of hydrogen-bond acceptors (Lipinski definition) is 2. The number of para-hydroxylation sites is 2. The maximum Gasteiger partial charge on any atom is 0.270 e. The maximum atomic E-state index is 13.1. The largest absolute Gasteiger partial charge is 0.270 e. The van der Waals surface area contributed by atoms with E-state index in [1.807, 2.05) is 6.07 Å². The van der Waals surface area contributed by atoms with Crippen molar-refractivity contribution in [3.63, 3.8) is 0 Å². The molecule has 1 aromatic heterocycles. The molecule has 0 saturated heterocycles. The minimum atomic E-state index is -0.800. The summed E-state index contributed by atoms with van der Waals surface area (Å²) in [5, 5.41) is 0. The first kappa shape index (κ1) is 12.3. The Morgan fingerprint density at radius 3 is 2.55 bits per heavy atom. The summed E-state index contributed by atoms with van der Waals surface area (Å²) in [6, 6.07) is 9.84. The summed E-state index contributed by atoms with van der Waals surface area (Å²) in [6.07, 6.45) is 1.43. The van der Waals surface area contributed by atoms with Gasteiger partial charge in [0, 0.05) is 11.6 Å². The summed E-state index contributed by atoms with van der Waals surface area (Å²) < 4.78 is 27.6. The molecule has 20 heavy (non-hydrogen) atoms. The number of amides is 1. The molecule has 3 rings (SSSR count). The molecule has 6 heteroatoms. The first-order valence-electron chi connectivity index (χ1n) is 5.83. The van der Waals surface area contributed by atoms with Crippen LogP contribution in [-0.2, 0) is 0 Å². The average molecular weight is 273 g/mol. The van der Waals surface area contributed by atoms with Crippen molar-refractivity contribution < 1.29 is 13.6 Å². The van der Waals surface area contributed by atoms with Gasteiger partial charge >= 0.3 is 0 Å². The zero-order valence-electron chi connectivity index (χ0n) is 10.2. The van der Waals surface area contributed by atoms with Crippen molar-refractivity contribution >= 4 is 16.9 Å². The van der Waals surface area contributed by atoms with Crippen LogP contribution in [0, 0.1) is 11.6 Å². The van der Waals surface area contributed by atoms with Gasteiger partial charge in [-0.3, -0.25) is 10.2 Å². The molecule has 0 aliphatic heterocycles. The highest BCUT2D eigenvalue weighted by atomic mass is 19.1. The summed E-state index contributed by atoms with van der Waals surface area (Å²) in [5.74, 6) is -2.22. The van der Waals surface area contributed by atoms with Gasteiger partial charge in [-0.25, -0.2) is 18.4 Å². The van der Waals surface area contributed by atoms with Gasteiger partial charge in [-0.05, 0) is 24.3 Å². The summed E-state index contributed by atoms with van der Waals surface area (Å²) in [5.41, 5.74) is 3.82. The van der Waals surface area contributed by atoms with Crippen LogP contribution < -0.4 is 5.43 Å². The van der Waals surface area contributed by atoms with E-state index in [0.29, 0.717) is 17.1 Å². The number of carbonyl (C=O) groups excluding carboxylic acids is 1. The van der Waals surface area contributed by atoms with Crippen LogP contribution in [0.15, 0.2) is 48.8 Å². The van der Waals surface area contributed by atoms with Gasteiger partial charge < -0.3 is 0 Å². The Balaban J connectivity index is 1.92. The van der Waals surface area contributed by atoms with E-state index in [4.69, 9.17) is 0 Å². The minimum Gasteiger partial charge on any atom is -0.267 e. The van der Waals surface area contributed by atoms with Crippen LogP contribution in [0.25, 0.3) is 11.0 Å². The fraction of sp³-hybridized carbons (Fsp3) is 0. The van der Waals surface area contributed by atoms with Crippen LogP contribution >= 0.6 is 0 Å². The van der Waals surface area contributed by atoms with Gasteiger partial charge in [0.15, 0.2) is 0 Å². The van der Waals surface area contributed by atoms with Gasteiger partial charge in [-0.2, -0.15) is 0 Å². The second-order valence-corrected chi connectivity index (χ2v) is 4.20. The van der Waals surface area contributed by atoms with Crippen LogP contribution in [0.3, 0.4) is 0 Å². The molecular formula is C14H9F2N3O. The van der Waals surface area contributed by atoms with Crippen LogP contribution in [-0.4, -0.2) is 15.6 Å². The third kappa shape index (κ3) is 2.23. The number of rotatable bonds is 2. The van der Waals surface area contributed by atoms with E-state index < -0.39 is 17.5 Å². The molecule has 0 atom stereocenters. The predicted molar refractivity (Wildman–Crippen MR) is 69.8 cm³/mol. The average Bonchev–Trinajstić information content (AvgIpc) is 2.81. The summed E-state index contributed by atoms with van der Waals surface area (Å²) in [7, 11) is 0. The number of carbonyl (C=O) groups is 1. The van der Waals surface area contributed by atoms with Gasteiger partial charge in [0.1, 0.15) is 18.0 Å². The Morgan fingerprint density at radius 2 is 1.80 bits per heavy atom. The van der Waals surface area contributed by atoms with E-state index in [0.717, 1.165) is 12.1 Å². The van der Waals surface area contributed by atoms with Gasteiger partial charge in [0.25, 0.3) is 5.91 Å². The van der Waals surface area contributed by atoms with E-state index in [1.165, 1.54) is 11.0 Å². The molecule has 4 nitrogen and oxygen atoms in total. The van der Waals surface area contributed by atoms with E-state index in [1.54, 1.807) is 18.2 Å². The molecule has 0 unspecified atom stereocenters. The molecule has 0 spiro atoms. The molecule has 1 N–H and O–H groups in total. The van der Waals surface area contributed by atoms with Crippen molar-refractivity contribution in [2.24, 2.45) is 0 Å². The number of halogens is 2. The number of hydrogen-bond donors (Lipinski definition) is 1. The maximum absolute atomic E-state index is 13.1. The van der Waals surface area contributed by atoms with E-state index in [2.05, 4.69) is 10.4 Å². The molecule has 0 aliphatic carbocycles. The van der Waals surface area contributed by atoms with E-state index in [-0.39, 0.29) is 5.56 Å². The molecule has 1 amide bonds. The molecule has 0 fully saturated rings. The van der Waals surface area contributed by atoms with Gasteiger partial charge in [-0.15, -0.1) is 0 Å². The predicted octanol–water partition coefficient (Wildman–Crippen LogP) is 2.70. The second-order valence-electron chi connectivity index (χ2n) is 4.20. The highest BCUT2D eigenvalue weighted by molar-refractivity contribution is 6.00. The minimum absolute atomic E-state index is 0.0970. The first-order valence-corrected chi connectivity index (χ1v) is 5.83. The smallest absolute Gasteiger partial charge is 0.267 e. The molecule has 0 bridgehead atoms. The lowest BCUT2D eigenvalue weighted by Gasteiger charge is -2.07. The Hall–Kier alpha value is -2.76. The van der Waals surface area contributed by atoms with Gasteiger partial charge in [0.05, 0.1) is 11.0 Å². The lowest BCUT2D eigenvalue weighted by molar-refractivity contribution is 0.101. The zero-order valence-corrected chi connectivity index (χ0v) is 10.2. The molecule has 1 heterocycles. The lowest BCUT2D eigenvalue weighted by Crippen LogP contribution is -2.22. The number of fused-ring (bicyclic) bond motifs is 1. The van der Waals surface area contributed by atoms with Crippen molar-refractivity contribution in [2.75, 3.05) is 5.43 Å². The first-order chi connectivity index (χ1) is 9.63. The van der Waals surface area contributed by atoms with Crippen LogP contribution in [0.5, 0.6) is 0 Å². The van der Waals surface area contributed by atoms with Gasteiger partial charge in [0.2, 0.25) is 0 Å². The molecule has 0 aliphatic rings. The monoisotopic (exact) mass is 273 g/mol. The van der Waals surface area contributed by atoms with Crippen molar-refractivity contribution in [1.29, 1.82) is 0 Å². The molecule has 3 aromatic rings. The van der Waals surface area contributed by atoms with Crippen LogP contribution in [0.1, 0.15) is 10.4 Å². The standard InChI is InChI=1S/C14H9F2N3O/c15-10-5-9(6-11(16)7-10)14(20)18-19-8-17-12-3-1-2-4-13(12)19/h1-8H,(H,18,20). The molecular weight excluding hydrogens is 264 g/mol. The SMILES string of the molecule is O=C(Nn1cnc2ccccc21)c1cc(F)cc(F)c1. The number of nitrogens with zero attached hydrogens (tertiary/aromatic N) is 2. The highest BCUT2D eigenvalue weighted by Crippen LogP contribution is 2.12. The summed E-state index contributed by atoms with van der Waals surface area (Å²) >= 11 is 0. The highest BCUT2D eigenvalue weighted by Gasteiger charge is 2.11. The Labute approximate surface area is 112 Å². The third-order valence-corrected chi connectivity index (χ3v) is 2.80. The molecule has 100 valence electrons. The number of aromatic nitrogens is 2. The molecule has 0 saturated carbocycles.